The van der Waals surface area contributed by atoms with Crippen LogP contribution in [0.3, 0.4) is 0 Å². The van der Waals surface area contributed by atoms with E-state index in [2.05, 4.69) is 0 Å². The van der Waals surface area contributed by atoms with E-state index >= 15 is 0 Å². The summed E-state index contributed by atoms with van der Waals surface area (Å²) in [6, 6.07) is 19.8. The second-order valence-corrected chi connectivity index (χ2v) is 9.65. The Hall–Kier alpha value is -3.32. The minimum Gasteiger partial charge on any atom is -0.493 e. The molecule has 0 aromatic heterocycles. The Morgan fingerprint density at radius 1 is 0.906 bits per heavy atom. The molecule has 1 aliphatic heterocycles. The van der Waals surface area contributed by atoms with Crippen LogP contribution in [0.1, 0.15) is 28.2 Å². The normalized spacial score (nSPS) is 16.3. The molecule has 7 heteroatoms. The molecule has 0 aliphatic carbocycles. The quantitative estimate of drug-likeness (QED) is 0.588. The topological polar surface area (TPSA) is 72.9 Å². The third-order valence-electron chi connectivity index (χ3n) is 5.80. The Labute approximate surface area is 188 Å². The van der Waals surface area contributed by atoms with Gasteiger partial charge in [0.1, 0.15) is 0 Å². The maximum atomic E-state index is 13.5. The van der Waals surface area contributed by atoms with E-state index in [0.29, 0.717) is 11.5 Å². The number of nitrogens with zero attached hydrogens (tertiary/aromatic N) is 1. The maximum absolute atomic E-state index is 13.5. The molecule has 0 radical (unpaired) electrons. The first-order valence-corrected chi connectivity index (χ1v) is 11.7. The first-order valence-electron chi connectivity index (χ1n) is 10.3. The van der Waals surface area contributed by atoms with Gasteiger partial charge in [0.15, 0.2) is 11.5 Å². The standard InChI is InChI=1S/C25H25NO5S/c1-17-9-11-20(12-10-17)32(28,29)26-16-22(18-7-5-4-6-8-18)21-15-24(31-3)23(30-2)13-19(21)14-25(26)27/h4-13,15,22H,14,16H2,1-3H3. The number of aryl methyl sites for hydroxylation is 1. The SMILES string of the molecule is COc1cc2c(cc1OC)C(c1ccccc1)CN(S(=O)(=O)c1ccc(C)cc1)C(=O)C2. The molecule has 1 aliphatic rings. The number of methoxy groups -OCH3 is 2. The van der Waals surface area contributed by atoms with Gasteiger partial charge in [-0.1, -0.05) is 48.0 Å². The van der Waals surface area contributed by atoms with Crippen molar-refractivity contribution in [3.8, 4) is 11.5 Å². The zero-order chi connectivity index (χ0) is 22.9. The summed E-state index contributed by atoms with van der Waals surface area (Å²) in [6.07, 6.45) is -0.0515. The van der Waals surface area contributed by atoms with E-state index in [-0.39, 0.29) is 23.8 Å². The average molecular weight is 452 g/mol. The molecule has 0 N–H and O–H groups in total. The molecular weight excluding hydrogens is 426 g/mol. The first kappa shape index (κ1) is 21.9. The lowest BCUT2D eigenvalue weighted by Gasteiger charge is -2.25. The molecule has 6 nitrogen and oxygen atoms in total. The molecular formula is C25H25NO5S. The molecule has 1 amide bonds. The van der Waals surface area contributed by atoms with Crippen molar-refractivity contribution in [1.29, 1.82) is 0 Å². The molecule has 166 valence electrons. The van der Waals surface area contributed by atoms with Gasteiger partial charge in [0.05, 0.1) is 25.5 Å². The molecule has 0 saturated heterocycles. The summed E-state index contributed by atoms with van der Waals surface area (Å²) >= 11 is 0. The summed E-state index contributed by atoms with van der Waals surface area (Å²) in [6.45, 7) is 1.89. The summed E-state index contributed by atoms with van der Waals surface area (Å²) in [5.74, 6) is 0.213. The minimum atomic E-state index is -4.02. The number of amides is 1. The molecule has 0 fully saturated rings. The van der Waals surface area contributed by atoms with Crippen LogP contribution in [0.2, 0.25) is 0 Å². The largest absolute Gasteiger partial charge is 0.493 e. The van der Waals surface area contributed by atoms with Crippen molar-refractivity contribution in [2.24, 2.45) is 0 Å². The summed E-state index contributed by atoms with van der Waals surface area (Å²) in [4.78, 5) is 13.4. The molecule has 0 bridgehead atoms. The zero-order valence-electron chi connectivity index (χ0n) is 18.2. The molecule has 1 atom stereocenters. The van der Waals surface area contributed by atoms with Crippen molar-refractivity contribution in [3.63, 3.8) is 0 Å². The van der Waals surface area contributed by atoms with E-state index in [9.17, 15) is 13.2 Å². The fourth-order valence-corrected chi connectivity index (χ4v) is 5.48. The Morgan fingerprint density at radius 3 is 2.16 bits per heavy atom. The number of carbonyl (C=O) groups excluding carboxylic acids is 1. The van der Waals surface area contributed by atoms with Crippen molar-refractivity contribution < 1.29 is 22.7 Å². The second-order valence-electron chi connectivity index (χ2n) is 7.79. The first-order chi connectivity index (χ1) is 15.3. The van der Waals surface area contributed by atoms with Crippen LogP contribution >= 0.6 is 0 Å². The van der Waals surface area contributed by atoms with E-state index in [1.807, 2.05) is 43.3 Å². The summed E-state index contributed by atoms with van der Waals surface area (Å²) in [5.41, 5.74) is 3.44. The van der Waals surface area contributed by atoms with Gasteiger partial charge in [0.25, 0.3) is 10.0 Å². The summed E-state index contributed by atoms with van der Waals surface area (Å²) in [7, 11) is -0.933. The lowest BCUT2D eigenvalue weighted by molar-refractivity contribution is -0.125. The molecule has 3 aromatic carbocycles. The van der Waals surface area contributed by atoms with Crippen LogP contribution in [-0.2, 0) is 21.2 Å². The van der Waals surface area contributed by atoms with Gasteiger partial charge in [0, 0.05) is 12.5 Å². The molecule has 0 spiro atoms. The molecule has 1 unspecified atom stereocenters. The molecule has 3 aromatic rings. The van der Waals surface area contributed by atoms with Gasteiger partial charge < -0.3 is 9.47 Å². The van der Waals surface area contributed by atoms with E-state index in [1.54, 1.807) is 37.4 Å². The smallest absolute Gasteiger partial charge is 0.266 e. The fraction of sp³-hybridized carbons (Fsp3) is 0.240. The number of hydrogen-bond donors (Lipinski definition) is 0. The molecule has 0 saturated carbocycles. The number of hydrogen-bond acceptors (Lipinski definition) is 5. The third kappa shape index (κ3) is 3.96. The third-order valence-corrected chi connectivity index (χ3v) is 7.60. The Morgan fingerprint density at radius 2 is 1.53 bits per heavy atom. The predicted octanol–water partition coefficient (Wildman–Crippen LogP) is 3.92. The predicted molar refractivity (Wildman–Crippen MR) is 122 cm³/mol. The minimum absolute atomic E-state index is 0.00153. The van der Waals surface area contributed by atoms with Crippen molar-refractivity contribution in [2.75, 3.05) is 20.8 Å². The number of carbonyl (C=O) groups is 1. The molecule has 1 heterocycles. The van der Waals surface area contributed by atoms with Gasteiger partial charge in [-0.05, 0) is 47.9 Å². The van der Waals surface area contributed by atoms with Crippen molar-refractivity contribution >= 4 is 15.9 Å². The number of benzene rings is 3. The van der Waals surface area contributed by atoms with Gasteiger partial charge >= 0.3 is 0 Å². The number of ether oxygens (including phenoxy) is 2. The average Bonchev–Trinajstić information content (AvgIpc) is 2.94. The number of fused-ring (bicyclic) bond motifs is 1. The van der Waals surface area contributed by atoms with Gasteiger partial charge in [-0.3, -0.25) is 4.79 Å². The van der Waals surface area contributed by atoms with Crippen LogP contribution in [0.25, 0.3) is 0 Å². The van der Waals surface area contributed by atoms with E-state index < -0.39 is 15.9 Å². The highest BCUT2D eigenvalue weighted by Crippen LogP contribution is 2.39. The second kappa shape index (κ2) is 8.67. The molecule has 32 heavy (non-hydrogen) atoms. The van der Waals surface area contributed by atoms with Crippen molar-refractivity contribution in [3.05, 3.63) is 89.0 Å². The van der Waals surface area contributed by atoms with Gasteiger partial charge in [-0.15, -0.1) is 0 Å². The van der Waals surface area contributed by atoms with E-state index in [0.717, 1.165) is 26.6 Å². The van der Waals surface area contributed by atoms with Crippen LogP contribution < -0.4 is 9.47 Å². The van der Waals surface area contributed by atoms with Crippen LogP contribution in [0.15, 0.2) is 71.6 Å². The Bertz CT molecular complexity index is 1240. The highest BCUT2D eigenvalue weighted by molar-refractivity contribution is 7.89. The fourth-order valence-electron chi connectivity index (χ4n) is 4.07. The van der Waals surface area contributed by atoms with E-state index in [1.165, 1.54) is 7.11 Å². The number of rotatable bonds is 5. The lowest BCUT2D eigenvalue weighted by atomic mass is 9.88. The van der Waals surface area contributed by atoms with Crippen LogP contribution in [0.5, 0.6) is 11.5 Å². The number of sulfonamides is 1. The van der Waals surface area contributed by atoms with Gasteiger partial charge in [-0.2, -0.15) is 0 Å². The zero-order valence-corrected chi connectivity index (χ0v) is 19.1. The van der Waals surface area contributed by atoms with Crippen LogP contribution in [0.4, 0.5) is 0 Å². The van der Waals surface area contributed by atoms with Gasteiger partial charge in [-0.25, -0.2) is 12.7 Å². The Balaban J connectivity index is 1.87. The lowest BCUT2D eigenvalue weighted by Crippen LogP contribution is -2.39. The Kier molecular flexibility index (Phi) is 5.93. The monoisotopic (exact) mass is 451 g/mol. The summed E-state index contributed by atoms with van der Waals surface area (Å²) in [5, 5.41) is 0. The van der Waals surface area contributed by atoms with Crippen LogP contribution in [0, 0.1) is 6.92 Å². The van der Waals surface area contributed by atoms with Crippen molar-refractivity contribution in [1.82, 2.24) is 4.31 Å². The van der Waals surface area contributed by atoms with Gasteiger partial charge in [0.2, 0.25) is 5.91 Å². The molecule has 4 rings (SSSR count). The summed E-state index contributed by atoms with van der Waals surface area (Å²) < 4.78 is 38.9. The van der Waals surface area contributed by atoms with Crippen molar-refractivity contribution in [2.45, 2.75) is 24.2 Å². The highest BCUT2D eigenvalue weighted by atomic mass is 32.2. The van der Waals surface area contributed by atoms with E-state index in [4.69, 9.17) is 9.47 Å². The maximum Gasteiger partial charge on any atom is 0.266 e. The van der Waals surface area contributed by atoms with Crippen LogP contribution in [-0.4, -0.2) is 39.4 Å². The highest BCUT2D eigenvalue weighted by Gasteiger charge is 2.37.